The highest BCUT2D eigenvalue weighted by molar-refractivity contribution is 7.91. The fraction of sp³-hybridized carbons (Fsp3) is 0.600. The first-order valence-corrected chi connectivity index (χ1v) is 19.8. The number of hydrogen-bond acceptors (Lipinski definition) is 6. The molecule has 0 radical (unpaired) electrons. The number of alkyl halides is 2. The molecule has 4 aliphatic rings. The molecule has 8 bridgehead atoms. The Labute approximate surface area is 279 Å². The third-order valence-corrected chi connectivity index (χ3v) is 13.1. The van der Waals surface area contributed by atoms with Crippen molar-refractivity contribution in [3.63, 3.8) is 0 Å². The number of nitrogens with zero attached hydrogens (tertiary/aromatic N) is 5. The molecule has 1 aromatic carbocycles. The van der Waals surface area contributed by atoms with Crippen LogP contribution in [0, 0.1) is 11.8 Å². The number of hydrogen-bond donors (Lipinski definition) is 0. The molecule has 2 fully saturated rings. The van der Waals surface area contributed by atoms with Gasteiger partial charge in [-0.25, -0.2) is 17.2 Å². The molecule has 12 heteroatoms. The van der Waals surface area contributed by atoms with Gasteiger partial charge < -0.3 is 4.90 Å². The van der Waals surface area contributed by atoms with Crippen LogP contribution in [0.25, 0.3) is 11.0 Å². The van der Waals surface area contributed by atoms with Crippen LogP contribution in [0.3, 0.4) is 0 Å². The lowest BCUT2D eigenvalue weighted by Gasteiger charge is -2.37. The van der Waals surface area contributed by atoms with Crippen LogP contribution >= 0.6 is 0 Å². The molecule has 0 amide bonds. The fourth-order valence-electron chi connectivity index (χ4n) is 7.75. The molecular formula is C35H46F2N5O3S2+. The average Bonchev–Trinajstić information content (AvgIpc) is 3.06. The van der Waals surface area contributed by atoms with Gasteiger partial charge in [0.15, 0.2) is 5.65 Å². The summed E-state index contributed by atoms with van der Waals surface area (Å²) in [5, 5.41) is 0.672. The van der Waals surface area contributed by atoms with Crippen LogP contribution in [0.2, 0.25) is 0 Å². The van der Waals surface area contributed by atoms with E-state index in [0.717, 1.165) is 32.2 Å². The lowest BCUT2D eigenvalue weighted by atomic mass is 9.85. The lowest BCUT2D eigenvalue weighted by molar-refractivity contribution is -0.459. The molecule has 0 saturated carbocycles. The number of aromatic nitrogens is 3. The summed E-state index contributed by atoms with van der Waals surface area (Å²) in [4.78, 5) is 25.7. The van der Waals surface area contributed by atoms with E-state index in [4.69, 9.17) is 0 Å². The van der Waals surface area contributed by atoms with E-state index < -0.39 is 21.7 Å². The van der Waals surface area contributed by atoms with Gasteiger partial charge >= 0.3 is 5.82 Å². The van der Waals surface area contributed by atoms with Crippen molar-refractivity contribution in [1.29, 1.82) is 0 Å². The molecule has 1 unspecified atom stereocenters. The monoisotopic (exact) mass is 686 g/mol. The number of rotatable bonds is 1. The van der Waals surface area contributed by atoms with Crippen LogP contribution in [0.4, 0.5) is 14.6 Å². The van der Waals surface area contributed by atoms with Gasteiger partial charge in [-0.2, -0.15) is 8.93 Å². The summed E-state index contributed by atoms with van der Waals surface area (Å²) < 4.78 is 60.3. The smallest absolute Gasteiger partial charge is 0.303 e. The third kappa shape index (κ3) is 7.15. The number of benzene rings is 1. The highest BCUT2D eigenvalue weighted by Crippen LogP contribution is 2.43. The summed E-state index contributed by atoms with van der Waals surface area (Å²) in [6.45, 7) is 6.95. The second-order valence-corrected chi connectivity index (χ2v) is 16.8. The summed E-state index contributed by atoms with van der Waals surface area (Å²) in [6, 6.07) is 8.19. The van der Waals surface area contributed by atoms with E-state index in [2.05, 4.69) is 27.7 Å². The van der Waals surface area contributed by atoms with Gasteiger partial charge in [-0.15, -0.1) is 0 Å². The second-order valence-electron chi connectivity index (χ2n) is 13.8. The van der Waals surface area contributed by atoms with Crippen molar-refractivity contribution in [2.24, 2.45) is 11.8 Å². The van der Waals surface area contributed by atoms with Crippen molar-refractivity contribution >= 4 is 43.7 Å². The maximum absolute atomic E-state index is 16.1. The SMILES string of the molecule is C=S=[N+]1c2ncnc3c2cc(C2CCS(=O)(=O)CC2)c(=O)n3CCCCCC(C)CN2CCC(CC2)C(F)(F)c2cccc(c2)[C@H]1C. The molecule has 2 saturated heterocycles. The van der Waals surface area contributed by atoms with Crippen LogP contribution in [0.15, 0.2) is 41.5 Å². The third-order valence-electron chi connectivity index (χ3n) is 10.6. The van der Waals surface area contributed by atoms with Crippen molar-refractivity contribution in [1.82, 2.24) is 19.4 Å². The highest BCUT2D eigenvalue weighted by atomic mass is 32.2. The summed E-state index contributed by atoms with van der Waals surface area (Å²) in [6.07, 6.45) is 6.99. The van der Waals surface area contributed by atoms with Gasteiger partial charge in [-0.05, 0) is 98.9 Å². The van der Waals surface area contributed by atoms with Crippen LogP contribution in [0.1, 0.15) is 93.9 Å². The molecule has 2 atom stereocenters. The number of aryl methyl sites for hydroxylation is 1. The van der Waals surface area contributed by atoms with Gasteiger partial charge in [0.05, 0.1) is 11.5 Å². The van der Waals surface area contributed by atoms with Gasteiger partial charge in [-0.3, -0.25) is 9.36 Å². The van der Waals surface area contributed by atoms with E-state index in [1.165, 1.54) is 23.5 Å². The topological polar surface area (TPSA) is 88.2 Å². The Morgan fingerprint density at radius 2 is 1.72 bits per heavy atom. The molecule has 0 spiro atoms. The Kier molecular flexibility index (Phi) is 10.1. The van der Waals surface area contributed by atoms with Gasteiger partial charge in [0.2, 0.25) is 6.33 Å². The van der Waals surface area contributed by atoms with E-state index in [9.17, 15) is 13.2 Å². The number of pyridine rings is 1. The average molecular weight is 687 g/mol. The van der Waals surface area contributed by atoms with Crippen LogP contribution in [-0.2, 0) is 33.5 Å². The molecule has 0 N–H and O–H groups in total. The van der Waals surface area contributed by atoms with E-state index >= 15 is 8.78 Å². The van der Waals surface area contributed by atoms with Crippen molar-refractivity contribution in [2.75, 3.05) is 31.1 Å². The van der Waals surface area contributed by atoms with E-state index in [-0.39, 0.29) is 34.6 Å². The summed E-state index contributed by atoms with van der Waals surface area (Å²) in [7, 11) is -3.11. The van der Waals surface area contributed by atoms with E-state index in [0.29, 0.717) is 79.2 Å². The summed E-state index contributed by atoms with van der Waals surface area (Å²) in [5.74, 6) is 1.39. The van der Waals surface area contributed by atoms with Gasteiger partial charge in [-0.1, -0.05) is 38.0 Å². The molecule has 0 aliphatic carbocycles. The number of sulfone groups is 1. The van der Waals surface area contributed by atoms with Crippen molar-refractivity contribution < 1.29 is 21.1 Å². The van der Waals surface area contributed by atoms with E-state index in [1.807, 2.05) is 23.0 Å². The predicted molar refractivity (Wildman–Crippen MR) is 184 cm³/mol. The highest BCUT2D eigenvalue weighted by Gasteiger charge is 2.43. The zero-order chi connectivity index (χ0) is 33.3. The van der Waals surface area contributed by atoms with Crippen LogP contribution < -0.4 is 5.56 Å². The molecule has 7 rings (SSSR count). The van der Waals surface area contributed by atoms with Gasteiger partial charge in [0.25, 0.3) is 11.5 Å². The molecule has 4 aliphatic heterocycles. The van der Waals surface area contributed by atoms with Crippen LogP contribution in [-0.4, -0.2) is 68.8 Å². The first-order valence-electron chi connectivity index (χ1n) is 17.0. The Balaban J connectivity index is 1.46. The molecular weight excluding hydrogens is 641 g/mol. The first-order chi connectivity index (χ1) is 22.5. The summed E-state index contributed by atoms with van der Waals surface area (Å²) in [5.41, 5.74) is 1.72. The molecule has 6 heterocycles. The normalized spacial score (nSPS) is 27.4. The minimum absolute atomic E-state index is 0.0319. The zero-order valence-electron chi connectivity index (χ0n) is 27.4. The Morgan fingerprint density at radius 1 is 0.979 bits per heavy atom. The molecule has 254 valence electrons. The van der Waals surface area contributed by atoms with Crippen LogP contribution in [0.5, 0.6) is 0 Å². The number of fused-ring (bicyclic) bond motifs is 9. The maximum atomic E-state index is 16.1. The minimum Gasteiger partial charge on any atom is -0.303 e. The molecule has 2 aromatic heterocycles. The summed E-state index contributed by atoms with van der Waals surface area (Å²) >= 11 is 1.20. The van der Waals surface area contributed by atoms with Gasteiger partial charge in [0.1, 0.15) is 21.3 Å². The molecule has 47 heavy (non-hydrogen) atoms. The fourth-order valence-corrected chi connectivity index (χ4v) is 9.85. The van der Waals surface area contributed by atoms with Gasteiger partial charge in [0, 0.05) is 41.3 Å². The predicted octanol–water partition coefficient (Wildman–Crippen LogP) is 6.20. The molecule has 3 aromatic rings. The second kappa shape index (κ2) is 14.0. The maximum Gasteiger partial charge on any atom is 0.347 e. The largest absolute Gasteiger partial charge is 0.347 e. The number of halogens is 2. The standard InChI is InChI=1S/C35H46F2N5O3S2/c1-24-8-5-4-6-15-41-32-31(21-30(34(41)43)26-13-18-47(44,45)19-14-26)33(39-23-38-32)42(46-3)25(2)27-9-7-10-29(20-27)35(36,37)28-11-16-40(22-24)17-12-28/h7,9-10,20-21,23-26,28H,3-6,8,11-19,22H2,1-2H3/q+1/t24?,25-/m1/s1. The van der Waals surface area contributed by atoms with Crippen molar-refractivity contribution in [3.05, 3.63) is 63.7 Å². The Bertz CT molecular complexity index is 1840. The first kappa shape index (κ1) is 34.0. The van der Waals surface area contributed by atoms with Crippen molar-refractivity contribution in [2.45, 2.75) is 89.6 Å². The Hall–Kier alpha value is -2.83. The van der Waals surface area contributed by atoms with E-state index in [1.54, 1.807) is 16.7 Å². The minimum atomic E-state index is -3.11. The zero-order valence-corrected chi connectivity index (χ0v) is 29.0. The van der Waals surface area contributed by atoms with Crippen molar-refractivity contribution in [3.8, 4) is 0 Å². The number of piperidine rings is 1. The Morgan fingerprint density at radius 3 is 2.45 bits per heavy atom. The quantitative estimate of drug-likeness (QED) is 0.224. The lowest BCUT2D eigenvalue weighted by Crippen LogP contribution is -2.41. The molecule has 8 nitrogen and oxygen atoms in total.